The fraction of sp³-hybridized carbons (Fsp3) is 0.500. The summed E-state index contributed by atoms with van der Waals surface area (Å²) >= 11 is 0. The van der Waals surface area contributed by atoms with Crippen LogP contribution in [0.2, 0.25) is 0 Å². The van der Waals surface area contributed by atoms with Gasteiger partial charge in [0.25, 0.3) is 0 Å². The maximum atomic E-state index is 11.4. The number of hydrogen-bond acceptors (Lipinski definition) is 2. The van der Waals surface area contributed by atoms with Crippen LogP contribution in [0.4, 0.5) is 0 Å². The van der Waals surface area contributed by atoms with Crippen LogP contribution in [0.3, 0.4) is 0 Å². The highest BCUT2D eigenvalue weighted by molar-refractivity contribution is 5.79. The summed E-state index contributed by atoms with van der Waals surface area (Å²) in [5.41, 5.74) is 4.96. The lowest BCUT2D eigenvalue weighted by molar-refractivity contribution is -0.128. The van der Waals surface area contributed by atoms with Crippen LogP contribution in [-0.2, 0) is 9.53 Å². The van der Waals surface area contributed by atoms with Crippen LogP contribution in [0.15, 0.2) is 12.1 Å². The molecule has 1 aromatic rings. The Kier molecular flexibility index (Phi) is 3.10. The Morgan fingerprint density at radius 1 is 1.12 bits per heavy atom. The van der Waals surface area contributed by atoms with Gasteiger partial charge in [0.1, 0.15) is 5.78 Å². The van der Waals surface area contributed by atoms with Gasteiger partial charge in [-0.1, -0.05) is 12.1 Å². The standard InChI is InChI=1S/C14H18O2/c1-9-6-11(3)13(7-10(9)2)14-8-12(15)4-5-16-14/h6-7,14H,4-5,8H2,1-3H3. The summed E-state index contributed by atoms with van der Waals surface area (Å²) < 4.78 is 5.69. The Morgan fingerprint density at radius 2 is 1.81 bits per heavy atom. The number of benzene rings is 1. The zero-order chi connectivity index (χ0) is 11.7. The van der Waals surface area contributed by atoms with Gasteiger partial charge in [-0.2, -0.15) is 0 Å². The first-order chi connectivity index (χ1) is 7.58. The lowest BCUT2D eigenvalue weighted by Gasteiger charge is -2.24. The Morgan fingerprint density at radius 3 is 2.50 bits per heavy atom. The zero-order valence-electron chi connectivity index (χ0n) is 10.2. The predicted octanol–water partition coefficient (Wildman–Crippen LogP) is 3.03. The van der Waals surface area contributed by atoms with Crippen LogP contribution in [0.1, 0.15) is 41.2 Å². The zero-order valence-corrected chi connectivity index (χ0v) is 10.2. The summed E-state index contributed by atoms with van der Waals surface area (Å²) in [5.74, 6) is 0.314. The van der Waals surface area contributed by atoms with E-state index in [2.05, 4.69) is 32.9 Å². The Hall–Kier alpha value is -1.15. The first kappa shape index (κ1) is 11.3. The van der Waals surface area contributed by atoms with E-state index in [-0.39, 0.29) is 6.10 Å². The van der Waals surface area contributed by atoms with Crippen molar-refractivity contribution in [2.24, 2.45) is 0 Å². The van der Waals surface area contributed by atoms with Crippen molar-refractivity contribution in [3.63, 3.8) is 0 Å². The SMILES string of the molecule is Cc1cc(C)c(C2CC(=O)CCO2)cc1C. The number of rotatable bonds is 1. The molecule has 86 valence electrons. The van der Waals surface area contributed by atoms with E-state index in [0.717, 1.165) is 0 Å². The molecule has 1 saturated heterocycles. The van der Waals surface area contributed by atoms with Crippen molar-refractivity contribution >= 4 is 5.78 Å². The van der Waals surface area contributed by atoms with E-state index in [1.165, 1.54) is 22.3 Å². The quantitative estimate of drug-likeness (QED) is 0.724. The molecule has 1 unspecified atom stereocenters. The van der Waals surface area contributed by atoms with Gasteiger partial charge >= 0.3 is 0 Å². The highest BCUT2D eigenvalue weighted by atomic mass is 16.5. The molecular formula is C14H18O2. The van der Waals surface area contributed by atoms with E-state index in [1.807, 2.05) is 0 Å². The second-order valence-electron chi connectivity index (χ2n) is 4.65. The van der Waals surface area contributed by atoms with Crippen molar-refractivity contribution in [1.82, 2.24) is 0 Å². The number of Topliss-reactive ketones (excluding diaryl/α,β-unsaturated/α-hetero) is 1. The topological polar surface area (TPSA) is 26.3 Å². The van der Waals surface area contributed by atoms with Gasteiger partial charge in [-0.25, -0.2) is 0 Å². The van der Waals surface area contributed by atoms with Crippen molar-refractivity contribution in [3.05, 3.63) is 34.4 Å². The molecular weight excluding hydrogens is 200 g/mol. The second-order valence-corrected chi connectivity index (χ2v) is 4.65. The second kappa shape index (κ2) is 4.38. The Bertz CT molecular complexity index is 421. The molecule has 2 heteroatoms. The highest BCUT2D eigenvalue weighted by Crippen LogP contribution is 2.30. The van der Waals surface area contributed by atoms with Crippen LogP contribution in [-0.4, -0.2) is 12.4 Å². The normalized spacial score (nSPS) is 21.2. The molecule has 1 aromatic carbocycles. The monoisotopic (exact) mass is 218 g/mol. The predicted molar refractivity (Wildman–Crippen MR) is 63.6 cm³/mol. The van der Waals surface area contributed by atoms with Gasteiger partial charge in [0, 0.05) is 12.8 Å². The van der Waals surface area contributed by atoms with Crippen LogP contribution in [0.5, 0.6) is 0 Å². The van der Waals surface area contributed by atoms with Gasteiger partial charge in [-0.3, -0.25) is 4.79 Å². The summed E-state index contributed by atoms with van der Waals surface area (Å²) in [5, 5.41) is 0. The smallest absolute Gasteiger partial charge is 0.138 e. The first-order valence-corrected chi connectivity index (χ1v) is 5.79. The summed E-state index contributed by atoms with van der Waals surface area (Å²) in [4.78, 5) is 11.4. The average Bonchev–Trinajstić information content (AvgIpc) is 2.23. The third kappa shape index (κ3) is 2.17. The van der Waals surface area contributed by atoms with Crippen molar-refractivity contribution in [1.29, 1.82) is 0 Å². The van der Waals surface area contributed by atoms with E-state index in [4.69, 9.17) is 4.74 Å². The molecule has 1 heterocycles. The van der Waals surface area contributed by atoms with E-state index in [9.17, 15) is 4.79 Å². The molecule has 2 rings (SSSR count). The molecule has 0 saturated carbocycles. The molecule has 1 fully saturated rings. The molecule has 2 nitrogen and oxygen atoms in total. The lowest BCUT2D eigenvalue weighted by atomic mass is 9.93. The fourth-order valence-electron chi connectivity index (χ4n) is 2.21. The van der Waals surface area contributed by atoms with Crippen LogP contribution in [0.25, 0.3) is 0 Å². The molecule has 1 atom stereocenters. The largest absolute Gasteiger partial charge is 0.373 e. The maximum Gasteiger partial charge on any atom is 0.138 e. The van der Waals surface area contributed by atoms with Gasteiger partial charge in [0.05, 0.1) is 12.7 Å². The molecule has 1 aliphatic heterocycles. The number of carbonyl (C=O) groups excluding carboxylic acids is 1. The molecule has 16 heavy (non-hydrogen) atoms. The molecule has 1 aliphatic rings. The van der Waals surface area contributed by atoms with E-state index in [1.54, 1.807) is 0 Å². The van der Waals surface area contributed by atoms with Gasteiger partial charge in [0.15, 0.2) is 0 Å². The van der Waals surface area contributed by atoms with E-state index < -0.39 is 0 Å². The Balaban J connectivity index is 2.32. The van der Waals surface area contributed by atoms with Gasteiger partial charge < -0.3 is 4.74 Å². The number of ketones is 1. The Labute approximate surface area is 96.6 Å². The third-order valence-electron chi connectivity index (χ3n) is 3.34. The molecule has 0 aromatic heterocycles. The van der Waals surface area contributed by atoms with Crippen molar-refractivity contribution in [2.45, 2.75) is 39.7 Å². The maximum absolute atomic E-state index is 11.4. The minimum Gasteiger partial charge on any atom is -0.373 e. The minimum atomic E-state index is -0.0273. The molecule has 0 N–H and O–H groups in total. The first-order valence-electron chi connectivity index (χ1n) is 5.79. The molecule has 0 radical (unpaired) electrons. The number of carbonyl (C=O) groups is 1. The van der Waals surface area contributed by atoms with Crippen LogP contribution in [0, 0.1) is 20.8 Å². The van der Waals surface area contributed by atoms with Gasteiger partial charge in [-0.05, 0) is 43.0 Å². The molecule has 0 aliphatic carbocycles. The minimum absolute atomic E-state index is 0.0273. The number of hydrogen-bond donors (Lipinski definition) is 0. The van der Waals surface area contributed by atoms with Gasteiger partial charge in [-0.15, -0.1) is 0 Å². The van der Waals surface area contributed by atoms with Gasteiger partial charge in [0.2, 0.25) is 0 Å². The summed E-state index contributed by atoms with van der Waals surface area (Å²) in [7, 11) is 0. The van der Waals surface area contributed by atoms with Crippen molar-refractivity contribution in [3.8, 4) is 0 Å². The lowest BCUT2D eigenvalue weighted by Crippen LogP contribution is -2.20. The average molecular weight is 218 g/mol. The molecule has 0 spiro atoms. The summed E-state index contributed by atoms with van der Waals surface area (Å²) in [6.07, 6.45) is 1.07. The summed E-state index contributed by atoms with van der Waals surface area (Å²) in [6, 6.07) is 4.33. The highest BCUT2D eigenvalue weighted by Gasteiger charge is 2.23. The van der Waals surface area contributed by atoms with Crippen LogP contribution < -0.4 is 0 Å². The molecule has 0 bridgehead atoms. The number of ether oxygens (including phenoxy) is 1. The molecule has 0 amide bonds. The van der Waals surface area contributed by atoms with E-state index >= 15 is 0 Å². The third-order valence-corrected chi connectivity index (χ3v) is 3.34. The van der Waals surface area contributed by atoms with Crippen molar-refractivity contribution < 1.29 is 9.53 Å². The van der Waals surface area contributed by atoms with Crippen LogP contribution >= 0.6 is 0 Å². The fourth-order valence-corrected chi connectivity index (χ4v) is 2.21. The summed E-state index contributed by atoms with van der Waals surface area (Å²) in [6.45, 7) is 6.86. The van der Waals surface area contributed by atoms with Crippen molar-refractivity contribution in [2.75, 3.05) is 6.61 Å². The van der Waals surface area contributed by atoms with E-state index in [0.29, 0.717) is 25.2 Å². The number of aryl methyl sites for hydroxylation is 3.